The first-order chi connectivity index (χ1) is 16.0. The first kappa shape index (κ1) is 23.4. The molecule has 3 aromatic rings. The lowest BCUT2D eigenvalue weighted by Crippen LogP contribution is -2.13. The van der Waals surface area contributed by atoms with Gasteiger partial charge < -0.3 is 23.7 Å². The van der Waals surface area contributed by atoms with Crippen molar-refractivity contribution in [3.63, 3.8) is 0 Å². The van der Waals surface area contributed by atoms with E-state index in [0.29, 0.717) is 23.0 Å². The van der Waals surface area contributed by atoms with Crippen LogP contribution in [0, 0.1) is 0 Å². The lowest BCUT2D eigenvalue weighted by atomic mass is 10.1. The highest BCUT2D eigenvalue weighted by molar-refractivity contribution is 6.09. The van der Waals surface area contributed by atoms with E-state index in [9.17, 15) is 9.59 Å². The Bertz CT molecular complexity index is 1160. The summed E-state index contributed by atoms with van der Waals surface area (Å²) in [5, 5.41) is 0. The SMILES string of the molecule is COc1ccc(/C=C/C(=O)c2ccccc2OC(=O)c2c(OC)cccc2OC)cc1OC. The highest BCUT2D eigenvalue weighted by Crippen LogP contribution is 2.31. The highest BCUT2D eigenvalue weighted by Gasteiger charge is 2.22. The number of rotatable bonds is 9. The number of allylic oxidation sites excluding steroid dienone is 1. The standard InChI is InChI=1S/C26H24O7/c1-29-21-15-13-17(16-24(21)32-4)12-14-19(27)18-8-5-6-9-20(18)33-26(28)25-22(30-2)10-7-11-23(25)31-3/h5-16H,1-4H3/b14-12+. The molecule has 0 unspecified atom stereocenters. The number of carbonyl (C=O) groups excluding carboxylic acids is 2. The summed E-state index contributed by atoms with van der Waals surface area (Å²) in [6.45, 7) is 0. The monoisotopic (exact) mass is 448 g/mol. The molecule has 0 saturated heterocycles. The Morgan fingerprint density at radius 2 is 1.27 bits per heavy atom. The van der Waals surface area contributed by atoms with Crippen LogP contribution < -0.4 is 23.7 Å². The minimum absolute atomic E-state index is 0.123. The normalized spacial score (nSPS) is 10.5. The molecule has 7 nitrogen and oxygen atoms in total. The van der Waals surface area contributed by atoms with Gasteiger partial charge in [-0.1, -0.05) is 30.3 Å². The largest absolute Gasteiger partial charge is 0.496 e. The number of ether oxygens (including phenoxy) is 5. The second-order valence-corrected chi connectivity index (χ2v) is 6.74. The molecule has 0 atom stereocenters. The predicted molar refractivity (Wildman–Crippen MR) is 124 cm³/mol. The molecule has 0 radical (unpaired) electrons. The molecule has 0 spiro atoms. The second-order valence-electron chi connectivity index (χ2n) is 6.74. The van der Waals surface area contributed by atoms with Gasteiger partial charge in [-0.3, -0.25) is 4.79 Å². The van der Waals surface area contributed by atoms with Crippen LogP contribution >= 0.6 is 0 Å². The fraction of sp³-hybridized carbons (Fsp3) is 0.154. The van der Waals surface area contributed by atoms with Crippen LogP contribution in [-0.4, -0.2) is 40.2 Å². The molecule has 0 aromatic heterocycles. The Hall–Kier alpha value is -4.26. The van der Waals surface area contributed by atoms with Gasteiger partial charge in [0.05, 0.1) is 34.0 Å². The molecule has 33 heavy (non-hydrogen) atoms. The van der Waals surface area contributed by atoms with Gasteiger partial charge in [0.15, 0.2) is 17.3 Å². The van der Waals surface area contributed by atoms with Crippen LogP contribution in [0.5, 0.6) is 28.7 Å². The first-order valence-corrected chi connectivity index (χ1v) is 9.99. The molecule has 7 heteroatoms. The van der Waals surface area contributed by atoms with E-state index in [1.54, 1.807) is 73.8 Å². The topological polar surface area (TPSA) is 80.3 Å². The van der Waals surface area contributed by atoms with Crippen LogP contribution in [-0.2, 0) is 0 Å². The molecule has 0 fully saturated rings. The molecule has 0 saturated carbocycles. The molecule has 0 amide bonds. The third-order valence-electron chi connectivity index (χ3n) is 4.82. The van der Waals surface area contributed by atoms with Crippen molar-refractivity contribution in [3.8, 4) is 28.7 Å². The lowest BCUT2D eigenvalue weighted by molar-refractivity contribution is 0.0726. The van der Waals surface area contributed by atoms with Gasteiger partial charge >= 0.3 is 5.97 Å². The van der Waals surface area contributed by atoms with E-state index in [4.69, 9.17) is 23.7 Å². The number of benzene rings is 3. The Balaban J connectivity index is 1.86. The molecule has 170 valence electrons. The maximum atomic E-state index is 12.9. The van der Waals surface area contributed by atoms with E-state index in [1.165, 1.54) is 27.4 Å². The van der Waals surface area contributed by atoms with Crippen LogP contribution in [0.2, 0.25) is 0 Å². The molecule has 3 rings (SSSR count). The van der Waals surface area contributed by atoms with Crippen LogP contribution in [0.3, 0.4) is 0 Å². The predicted octanol–water partition coefficient (Wildman–Crippen LogP) is 4.84. The third kappa shape index (κ3) is 5.33. The molecule has 0 N–H and O–H groups in total. The zero-order chi connectivity index (χ0) is 23.8. The van der Waals surface area contributed by atoms with Gasteiger partial charge in [-0.2, -0.15) is 0 Å². The molecule has 0 heterocycles. The Labute approximate surface area is 192 Å². The van der Waals surface area contributed by atoms with Crippen molar-refractivity contribution in [2.45, 2.75) is 0 Å². The van der Waals surface area contributed by atoms with Crippen molar-refractivity contribution < 1.29 is 33.3 Å². The number of carbonyl (C=O) groups is 2. The summed E-state index contributed by atoms with van der Waals surface area (Å²) in [5.74, 6) is 0.830. The average molecular weight is 448 g/mol. The summed E-state index contributed by atoms with van der Waals surface area (Å²) in [4.78, 5) is 25.8. The highest BCUT2D eigenvalue weighted by atomic mass is 16.5. The summed E-state index contributed by atoms with van der Waals surface area (Å²) < 4.78 is 26.6. The number of hydrogen-bond acceptors (Lipinski definition) is 7. The number of ketones is 1. The van der Waals surface area contributed by atoms with Crippen LogP contribution in [0.25, 0.3) is 6.08 Å². The molecule has 3 aromatic carbocycles. The molecular weight excluding hydrogens is 424 g/mol. The summed E-state index contributed by atoms with van der Waals surface area (Å²) >= 11 is 0. The molecule has 0 aliphatic carbocycles. The van der Waals surface area contributed by atoms with E-state index in [-0.39, 0.29) is 22.7 Å². The van der Waals surface area contributed by atoms with Crippen molar-refractivity contribution in [2.75, 3.05) is 28.4 Å². The lowest BCUT2D eigenvalue weighted by Gasteiger charge is -2.13. The summed E-state index contributed by atoms with van der Waals surface area (Å²) in [7, 11) is 5.98. The molecule has 0 aliphatic heterocycles. The van der Waals surface area contributed by atoms with Crippen LogP contribution in [0.4, 0.5) is 0 Å². The Kier molecular flexibility index (Phi) is 7.70. The van der Waals surface area contributed by atoms with Crippen LogP contribution in [0.1, 0.15) is 26.3 Å². The summed E-state index contributed by atoms with van der Waals surface area (Å²) in [6.07, 6.45) is 3.05. The van der Waals surface area contributed by atoms with Gasteiger partial charge in [-0.15, -0.1) is 0 Å². The van der Waals surface area contributed by atoms with Gasteiger partial charge in [0.2, 0.25) is 0 Å². The molecule has 0 bridgehead atoms. The Morgan fingerprint density at radius 3 is 1.91 bits per heavy atom. The Morgan fingerprint density at radius 1 is 0.667 bits per heavy atom. The minimum atomic E-state index is -0.701. The number of hydrogen-bond donors (Lipinski definition) is 0. The van der Waals surface area contributed by atoms with Crippen molar-refractivity contribution in [1.29, 1.82) is 0 Å². The fourth-order valence-electron chi connectivity index (χ4n) is 3.18. The zero-order valence-corrected chi connectivity index (χ0v) is 18.8. The third-order valence-corrected chi connectivity index (χ3v) is 4.82. The van der Waals surface area contributed by atoms with Gasteiger partial charge in [-0.05, 0) is 48.0 Å². The average Bonchev–Trinajstić information content (AvgIpc) is 2.86. The van der Waals surface area contributed by atoms with Crippen LogP contribution in [0.15, 0.2) is 66.7 Å². The van der Waals surface area contributed by atoms with Crippen molar-refractivity contribution in [2.24, 2.45) is 0 Å². The maximum absolute atomic E-state index is 12.9. The zero-order valence-electron chi connectivity index (χ0n) is 18.8. The number of methoxy groups -OCH3 is 4. The van der Waals surface area contributed by atoms with E-state index in [0.717, 1.165) is 5.56 Å². The van der Waals surface area contributed by atoms with Gasteiger partial charge in [0.25, 0.3) is 0 Å². The van der Waals surface area contributed by atoms with Gasteiger partial charge in [0.1, 0.15) is 22.8 Å². The number of esters is 1. The second kappa shape index (κ2) is 10.9. The first-order valence-electron chi connectivity index (χ1n) is 9.99. The minimum Gasteiger partial charge on any atom is -0.496 e. The van der Waals surface area contributed by atoms with Crippen molar-refractivity contribution in [3.05, 3.63) is 83.4 Å². The fourth-order valence-corrected chi connectivity index (χ4v) is 3.18. The quantitative estimate of drug-likeness (QED) is 0.201. The van der Waals surface area contributed by atoms with Gasteiger partial charge in [-0.25, -0.2) is 4.79 Å². The number of para-hydroxylation sites is 1. The van der Waals surface area contributed by atoms with E-state index in [1.807, 2.05) is 0 Å². The van der Waals surface area contributed by atoms with Gasteiger partial charge in [0, 0.05) is 0 Å². The van der Waals surface area contributed by atoms with E-state index < -0.39 is 5.97 Å². The van der Waals surface area contributed by atoms with Crippen molar-refractivity contribution >= 4 is 17.8 Å². The smallest absolute Gasteiger partial charge is 0.351 e. The molecule has 0 aliphatic rings. The molecular formula is C26H24O7. The van der Waals surface area contributed by atoms with E-state index in [2.05, 4.69) is 0 Å². The summed E-state index contributed by atoms with van der Waals surface area (Å²) in [6, 6.07) is 16.8. The van der Waals surface area contributed by atoms with E-state index >= 15 is 0 Å². The maximum Gasteiger partial charge on any atom is 0.351 e. The van der Waals surface area contributed by atoms with Crippen molar-refractivity contribution in [1.82, 2.24) is 0 Å². The summed E-state index contributed by atoms with van der Waals surface area (Å²) in [5.41, 5.74) is 1.11.